The topological polar surface area (TPSA) is 26.3 Å². The van der Waals surface area contributed by atoms with Gasteiger partial charge in [-0.2, -0.15) is 0 Å². The van der Waals surface area contributed by atoms with Crippen LogP contribution >= 0.6 is 11.6 Å². The highest BCUT2D eigenvalue weighted by Gasteiger charge is 2.40. The highest BCUT2D eigenvalue weighted by molar-refractivity contribution is 6.22. The van der Waals surface area contributed by atoms with Gasteiger partial charge >= 0.3 is 0 Å². The number of hydrogen-bond donors (Lipinski definition) is 0. The van der Waals surface area contributed by atoms with E-state index in [-0.39, 0.29) is 17.2 Å². The molecule has 0 radical (unpaired) electrons. The van der Waals surface area contributed by atoms with E-state index in [1.807, 2.05) is 0 Å². The molecule has 0 spiro atoms. The average Bonchev–Trinajstić information content (AvgIpc) is 1.98. The molecule has 1 saturated carbocycles. The highest BCUT2D eigenvalue weighted by atomic mass is 35.5. The minimum absolute atomic E-state index is 0.0100. The lowest BCUT2D eigenvalue weighted by molar-refractivity contribution is -0.140. The Hall–Kier alpha value is -0.0800. The lowest BCUT2D eigenvalue weighted by Crippen LogP contribution is -2.44. The highest BCUT2D eigenvalue weighted by Crippen LogP contribution is 2.33. The summed E-state index contributed by atoms with van der Waals surface area (Å²) in [7, 11) is 0. The molecule has 3 atom stereocenters. The van der Waals surface area contributed by atoms with Crippen molar-refractivity contribution < 1.29 is 9.53 Å². The van der Waals surface area contributed by atoms with Gasteiger partial charge in [-0.15, -0.1) is 11.6 Å². The van der Waals surface area contributed by atoms with Crippen molar-refractivity contribution in [3.63, 3.8) is 0 Å². The molecular weight excluding hydrogens is 164 g/mol. The molecule has 0 amide bonds. The van der Waals surface area contributed by atoms with E-state index in [0.717, 1.165) is 12.8 Å². The summed E-state index contributed by atoms with van der Waals surface area (Å²) in [6.07, 6.45) is 1.90. The van der Waals surface area contributed by atoms with Crippen molar-refractivity contribution in [1.82, 2.24) is 0 Å². The maximum Gasteiger partial charge on any atom is 0.145 e. The zero-order valence-electron chi connectivity index (χ0n) is 6.25. The minimum Gasteiger partial charge on any atom is -0.380 e. The summed E-state index contributed by atoms with van der Waals surface area (Å²) in [6.45, 7) is 1.17. The zero-order chi connectivity index (χ0) is 7.84. The van der Waals surface area contributed by atoms with Crippen LogP contribution in [0.4, 0.5) is 0 Å². The van der Waals surface area contributed by atoms with E-state index in [4.69, 9.17) is 16.3 Å². The third-order valence-electron chi connectivity index (χ3n) is 2.61. The predicted molar refractivity (Wildman–Crippen MR) is 41.7 cm³/mol. The summed E-state index contributed by atoms with van der Waals surface area (Å²) < 4.78 is 5.27. The maximum absolute atomic E-state index is 11.5. The van der Waals surface area contributed by atoms with Gasteiger partial charge in [-0.3, -0.25) is 4.79 Å². The molecular formula is C8H11ClO2. The lowest BCUT2D eigenvalue weighted by Gasteiger charge is -2.35. The van der Waals surface area contributed by atoms with E-state index in [0.29, 0.717) is 19.0 Å². The Morgan fingerprint density at radius 2 is 2.18 bits per heavy atom. The fraction of sp³-hybridized carbons (Fsp3) is 0.875. The van der Waals surface area contributed by atoms with Crippen LogP contribution in [0.5, 0.6) is 0 Å². The van der Waals surface area contributed by atoms with Gasteiger partial charge in [-0.05, 0) is 12.8 Å². The van der Waals surface area contributed by atoms with E-state index in [9.17, 15) is 4.79 Å². The number of Topliss-reactive ketones (excluding diaryl/α,β-unsaturated/α-hetero) is 1. The molecule has 2 aliphatic rings. The Kier molecular flexibility index (Phi) is 1.90. The van der Waals surface area contributed by atoms with Crippen molar-refractivity contribution in [2.24, 2.45) is 11.8 Å². The molecule has 1 aliphatic heterocycles. The lowest BCUT2D eigenvalue weighted by atomic mass is 9.79. The number of hydrogen-bond acceptors (Lipinski definition) is 2. The summed E-state index contributed by atoms with van der Waals surface area (Å²) in [4.78, 5) is 11.5. The number of carbonyl (C=O) groups is 1. The summed E-state index contributed by atoms with van der Waals surface area (Å²) >= 11 is 5.98. The first-order valence-corrected chi connectivity index (χ1v) is 4.48. The van der Waals surface area contributed by atoms with E-state index in [2.05, 4.69) is 0 Å². The molecule has 0 aromatic heterocycles. The Bertz CT molecular complexity index is 181. The van der Waals surface area contributed by atoms with Crippen molar-refractivity contribution in [1.29, 1.82) is 0 Å². The van der Waals surface area contributed by atoms with Crippen molar-refractivity contribution in [2.45, 2.75) is 18.2 Å². The third-order valence-corrected chi connectivity index (χ3v) is 3.13. The van der Waals surface area contributed by atoms with Crippen LogP contribution in [0.1, 0.15) is 12.8 Å². The Morgan fingerprint density at radius 3 is 2.91 bits per heavy atom. The standard InChI is InChI=1S/C8H11ClO2/c9-7-2-1-5-3-11-4-6(7)8(5)10/h5-7H,1-4H2/t5-,6-,7+/m0/s1. The van der Waals surface area contributed by atoms with Crippen molar-refractivity contribution in [2.75, 3.05) is 13.2 Å². The van der Waals surface area contributed by atoms with E-state index >= 15 is 0 Å². The molecule has 0 aromatic carbocycles. The van der Waals surface area contributed by atoms with E-state index in [1.165, 1.54) is 0 Å². The van der Waals surface area contributed by atoms with Crippen LogP contribution in [0.25, 0.3) is 0 Å². The van der Waals surface area contributed by atoms with Gasteiger partial charge in [0.15, 0.2) is 0 Å². The van der Waals surface area contributed by atoms with Gasteiger partial charge in [0.25, 0.3) is 0 Å². The fourth-order valence-electron chi connectivity index (χ4n) is 1.87. The quantitative estimate of drug-likeness (QED) is 0.517. The third kappa shape index (κ3) is 1.18. The number of fused-ring (bicyclic) bond motifs is 2. The molecule has 2 rings (SSSR count). The van der Waals surface area contributed by atoms with E-state index < -0.39 is 0 Å². The zero-order valence-corrected chi connectivity index (χ0v) is 7.01. The van der Waals surface area contributed by atoms with Gasteiger partial charge in [0.2, 0.25) is 0 Å². The van der Waals surface area contributed by atoms with Gasteiger partial charge in [0.1, 0.15) is 5.78 Å². The molecule has 1 aliphatic carbocycles. The molecule has 2 fully saturated rings. The van der Waals surface area contributed by atoms with Crippen LogP contribution in [0.15, 0.2) is 0 Å². The van der Waals surface area contributed by atoms with Crippen LogP contribution in [-0.2, 0) is 9.53 Å². The second-order valence-corrected chi connectivity index (χ2v) is 3.90. The molecule has 3 heteroatoms. The summed E-state index contributed by atoms with van der Waals surface area (Å²) in [5.41, 5.74) is 0. The smallest absolute Gasteiger partial charge is 0.145 e. The molecule has 0 N–H and O–H groups in total. The molecule has 11 heavy (non-hydrogen) atoms. The Morgan fingerprint density at radius 1 is 1.36 bits per heavy atom. The van der Waals surface area contributed by atoms with Gasteiger partial charge < -0.3 is 4.74 Å². The van der Waals surface area contributed by atoms with E-state index in [1.54, 1.807) is 0 Å². The first-order chi connectivity index (χ1) is 5.29. The average molecular weight is 175 g/mol. The van der Waals surface area contributed by atoms with Crippen molar-refractivity contribution >= 4 is 17.4 Å². The van der Waals surface area contributed by atoms with Crippen LogP contribution in [-0.4, -0.2) is 24.4 Å². The van der Waals surface area contributed by atoms with Crippen LogP contribution in [0.2, 0.25) is 0 Å². The molecule has 1 saturated heterocycles. The van der Waals surface area contributed by atoms with Gasteiger partial charge in [0.05, 0.1) is 19.1 Å². The molecule has 1 heterocycles. The number of ketones is 1. The normalized spacial score (nSPS) is 44.1. The molecule has 2 bridgehead atoms. The first-order valence-electron chi connectivity index (χ1n) is 4.04. The maximum atomic E-state index is 11.5. The monoisotopic (exact) mass is 174 g/mol. The van der Waals surface area contributed by atoms with Crippen LogP contribution in [0.3, 0.4) is 0 Å². The molecule has 0 aromatic rings. The van der Waals surface area contributed by atoms with Gasteiger partial charge in [-0.1, -0.05) is 0 Å². The van der Waals surface area contributed by atoms with Crippen LogP contribution < -0.4 is 0 Å². The Labute approximate surface area is 70.9 Å². The summed E-state index contributed by atoms with van der Waals surface area (Å²) in [6, 6.07) is 0. The summed E-state index contributed by atoms with van der Waals surface area (Å²) in [5.74, 6) is 0.482. The van der Waals surface area contributed by atoms with Crippen molar-refractivity contribution in [3.05, 3.63) is 0 Å². The fourth-order valence-corrected chi connectivity index (χ4v) is 2.20. The number of ether oxygens (including phenoxy) is 1. The van der Waals surface area contributed by atoms with Gasteiger partial charge in [-0.25, -0.2) is 0 Å². The molecule has 2 nitrogen and oxygen atoms in total. The SMILES string of the molecule is O=C1[C@H]2CC[C@@H](Cl)[C@@H]1COC2. The minimum atomic E-state index is -0.0100. The summed E-state index contributed by atoms with van der Waals surface area (Å²) in [5, 5.41) is 0.0269. The molecule has 62 valence electrons. The Balaban J connectivity index is 2.16. The van der Waals surface area contributed by atoms with Gasteiger partial charge in [0, 0.05) is 11.3 Å². The first kappa shape index (κ1) is 7.56. The second kappa shape index (κ2) is 2.76. The second-order valence-electron chi connectivity index (χ2n) is 3.34. The number of carbonyl (C=O) groups excluding carboxylic acids is 1. The predicted octanol–water partition coefficient (Wildman–Crippen LogP) is 1.22. The number of alkyl halides is 1. The number of rotatable bonds is 0. The van der Waals surface area contributed by atoms with Crippen LogP contribution in [0, 0.1) is 11.8 Å². The van der Waals surface area contributed by atoms with Crippen molar-refractivity contribution in [3.8, 4) is 0 Å². The number of halogens is 1. The largest absolute Gasteiger partial charge is 0.380 e. The molecule has 0 unspecified atom stereocenters.